The van der Waals surface area contributed by atoms with Crippen LogP contribution in [0.15, 0.2) is 4.99 Å². The van der Waals surface area contributed by atoms with E-state index < -0.39 is 5.54 Å². The first kappa shape index (κ1) is 7.77. The minimum Gasteiger partial charge on any atom is -0.312 e. The number of nitrogens with zero attached hydrogens (tertiary/aromatic N) is 1. The summed E-state index contributed by atoms with van der Waals surface area (Å²) in [5.74, 6) is 0.933. The molecule has 66 valence electrons. The molecule has 1 amide bonds. The number of amides is 1. The first-order chi connectivity index (χ1) is 5.44. The van der Waals surface area contributed by atoms with Gasteiger partial charge in [-0.2, -0.15) is 0 Å². The van der Waals surface area contributed by atoms with Crippen molar-refractivity contribution >= 4 is 11.7 Å². The van der Waals surface area contributed by atoms with Gasteiger partial charge in [0.2, 0.25) is 0 Å². The maximum Gasteiger partial charge on any atom is 0.252 e. The smallest absolute Gasteiger partial charge is 0.252 e. The second-order valence-electron chi connectivity index (χ2n) is 4.53. The molecule has 0 saturated heterocycles. The minimum atomic E-state index is -0.541. The summed E-state index contributed by atoms with van der Waals surface area (Å²) in [7, 11) is 0. The minimum absolute atomic E-state index is 0.0330. The first-order valence-corrected chi connectivity index (χ1v) is 4.36. The number of hydrogen-bond donors (Lipinski definition) is 1. The summed E-state index contributed by atoms with van der Waals surface area (Å²) in [4.78, 5) is 15.7. The van der Waals surface area contributed by atoms with E-state index in [0.29, 0.717) is 0 Å². The van der Waals surface area contributed by atoms with E-state index in [9.17, 15) is 4.79 Å². The Hall–Kier alpha value is -0.860. The third kappa shape index (κ3) is 0.958. The Morgan fingerprint density at radius 1 is 1.33 bits per heavy atom. The SMILES string of the molecule is CC1(C2=NC(C)(C)C(=O)N2)CC1. The molecule has 3 heteroatoms. The van der Waals surface area contributed by atoms with Crippen LogP contribution in [-0.4, -0.2) is 17.3 Å². The van der Waals surface area contributed by atoms with E-state index >= 15 is 0 Å². The monoisotopic (exact) mass is 166 g/mol. The highest BCUT2D eigenvalue weighted by Crippen LogP contribution is 2.47. The van der Waals surface area contributed by atoms with Crippen LogP contribution < -0.4 is 5.32 Å². The number of carbonyl (C=O) groups is 1. The summed E-state index contributed by atoms with van der Waals surface area (Å²) in [6.45, 7) is 5.84. The molecule has 0 spiro atoms. The van der Waals surface area contributed by atoms with Gasteiger partial charge in [0.15, 0.2) is 0 Å². The maximum atomic E-state index is 11.4. The largest absolute Gasteiger partial charge is 0.312 e. The Kier molecular flexibility index (Phi) is 1.23. The molecule has 1 saturated carbocycles. The molecule has 1 aliphatic heterocycles. The third-order valence-corrected chi connectivity index (χ3v) is 2.75. The zero-order valence-corrected chi connectivity index (χ0v) is 7.77. The number of rotatable bonds is 1. The molecular formula is C9H14N2O. The van der Waals surface area contributed by atoms with Crippen molar-refractivity contribution in [1.29, 1.82) is 0 Å². The van der Waals surface area contributed by atoms with Gasteiger partial charge in [0.25, 0.3) is 5.91 Å². The lowest BCUT2D eigenvalue weighted by molar-refractivity contribution is -0.122. The zero-order valence-electron chi connectivity index (χ0n) is 7.77. The predicted molar refractivity (Wildman–Crippen MR) is 47.0 cm³/mol. The van der Waals surface area contributed by atoms with Crippen LogP contribution in [0.1, 0.15) is 33.6 Å². The quantitative estimate of drug-likeness (QED) is 0.622. The van der Waals surface area contributed by atoms with Gasteiger partial charge < -0.3 is 5.32 Å². The number of amidine groups is 1. The van der Waals surface area contributed by atoms with Crippen molar-refractivity contribution < 1.29 is 4.79 Å². The molecule has 0 bridgehead atoms. The van der Waals surface area contributed by atoms with Gasteiger partial charge in [0.1, 0.15) is 11.4 Å². The molecule has 12 heavy (non-hydrogen) atoms. The third-order valence-electron chi connectivity index (χ3n) is 2.75. The van der Waals surface area contributed by atoms with Crippen molar-refractivity contribution in [2.24, 2.45) is 10.4 Å². The van der Waals surface area contributed by atoms with Gasteiger partial charge in [0, 0.05) is 5.41 Å². The fourth-order valence-electron chi connectivity index (χ4n) is 1.33. The topological polar surface area (TPSA) is 41.5 Å². The molecule has 1 aliphatic carbocycles. The molecule has 1 fully saturated rings. The van der Waals surface area contributed by atoms with Crippen LogP contribution in [-0.2, 0) is 4.79 Å². The van der Waals surface area contributed by atoms with Gasteiger partial charge in [0.05, 0.1) is 0 Å². The number of carbonyl (C=O) groups excluding carboxylic acids is 1. The van der Waals surface area contributed by atoms with Crippen LogP contribution in [0.4, 0.5) is 0 Å². The highest BCUT2D eigenvalue weighted by Gasteiger charge is 2.48. The molecule has 3 nitrogen and oxygen atoms in total. The molecule has 0 radical (unpaired) electrons. The van der Waals surface area contributed by atoms with Crippen molar-refractivity contribution in [3.05, 3.63) is 0 Å². The van der Waals surface area contributed by atoms with Crippen molar-refractivity contribution in [1.82, 2.24) is 5.32 Å². The summed E-state index contributed by atoms with van der Waals surface area (Å²) in [6.07, 6.45) is 2.31. The maximum absolute atomic E-state index is 11.4. The molecule has 1 N–H and O–H groups in total. The van der Waals surface area contributed by atoms with Crippen LogP contribution >= 0.6 is 0 Å². The summed E-state index contributed by atoms with van der Waals surface area (Å²) in [5.41, 5.74) is -0.357. The number of aliphatic imine (C=N–C) groups is 1. The predicted octanol–water partition coefficient (Wildman–Crippen LogP) is 1.09. The Labute approximate surface area is 72.3 Å². The molecule has 1 heterocycles. The zero-order chi connectivity index (χ0) is 8.98. The van der Waals surface area contributed by atoms with E-state index in [2.05, 4.69) is 17.2 Å². The Balaban J connectivity index is 2.27. The molecular weight excluding hydrogens is 152 g/mol. The van der Waals surface area contributed by atoms with Gasteiger partial charge in [-0.05, 0) is 26.7 Å². The van der Waals surface area contributed by atoms with Crippen LogP contribution in [0.2, 0.25) is 0 Å². The van der Waals surface area contributed by atoms with Crippen molar-refractivity contribution in [3.63, 3.8) is 0 Å². The van der Waals surface area contributed by atoms with Gasteiger partial charge in [-0.1, -0.05) is 6.92 Å². The van der Waals surface area contributed by atoms with E-state index in [1.165, 1.54) is 0 Å². The fourth-order valence-corrected chi connectivity index (χ4v) is 1.33. The molecule has 2 rings (SSSR count). The molecule has 0 aromatic carbocycles. The lowest BCUT2D eigenvalue weighted by atomic mass is 10.1. The van der Waals surface area contributed by atoms with E-state index in [1.807, 2.05) is 13.8 Å². The summed E-state index contributed by atoms with van der Waals surface area (Å²) < 4.78 is 0. The normalized spacial score (nSPS) is 29.6. The van der Waals surface area contributed by atoms with Crippen molar-refractivity contribution in [2.75, 3.05) is 0 Å². The molecule has 2 aliphatic rings. The Bertz CT molecular complexity index is 274. The molecule has 0 atom stereocenters. The summed E-state index contributed by atoms with van der Waals surface area (Å²) in [5, 5.41) is 2.86. The van der Waals surface area contributed by atoms with Crippen molar-refractivity contribution in [3.8, 4) is 0 Å². The van der Waals surface area contributed by atoms with Gasteiger partial charge in [-0.15, -0.1) is 0 Å². The average molecular weight is 166 g/mol. The lowest BCUT2D eigenvalue weighted by Gasteiger charge is -2.07. The molecule has 0 unspecified atom stereocenters. The first-order valence-electron chi connectivity index (χ1n) is 4.36. The van der Waals surface area contributed by atoms with Crippen LogP contribution in [0.25, 0.3) is 0 Å². The summed E-state index contributed by atoms with van der Waals surface area (Å²) in [6, 6.07) is 0. The van der Waals surface area contributed by atoms with Crippen LogP contribution in [0, 0.1) is 5.41 Å². The average Bonchev–Trinajstić information content (AvgIpc) is 2.61. The Morgan fingerprint density at radius 3 is 2.25 bits per heavy atom. The van der Waals surface area contributed by atoms with E-state index in [1.54, 1.807) is 0 Å². The number of nitrogens with one attached hydrogen (secondary N) is 1. The Morgan fingerprint density at radius 2 is 1.92 bits per heavy atom. The van der Waals surface area contributed by atoms with Crippen molar-refractivity contribution in [2.45, 2.75) is 39.2 Å². The van der Waals surface area contributed by atoms with Crippen LogP contribution in [0.5, 0.6) is 0 Å². The standard InChI is InChI=1S/C9H14N2O/c1-8(2)7(12)10-6(11-8)9(3)4-5-9/h4-5H2,1-3H3,(H,10,11,12). The van der Waals surface area contributed by atoms with E-state index in [0.717, 1.165) is 18.7 Å². The summed E-state index contributed by atoms with van der Waals surface area (Å²) >= 11 is 0. The fraction of sp³-hybridized carbons (Fsp3) is 0.778. The van der Waals surface area contributed by atoms with Gasteiger partial charge in [-0.25, -0.2) is 0 Å². The molecule has 0 aromatic heterocycles. The second-order valence-corrected chi connectivity index (χ2v) is 4.53. The van der Waals surface area contributed by atoms with E-state index in [4.69, 9.17) is 0 Å². The number of hydrogen-bond acceptors (Lipinski definition) is 2. The van der Waals surface area contributed by atoms with Gasteiger partial charge >= 0.3 is 0 Å². The highest BCUT2D eigenvalue weighted by atomic mass is 16.2. The highest BCUT2D eigenvalue weighted by molar-refractivity contribution is 6.10. The van der Waals surface area contributed by atoms with Crippen LogP contribution in [0.3, 0.4) is 0 Å². The lowest BCUT2D eigenvalue weighted by Crippen LogP contribution is -2.36. The van der Waals surface area contributed by atoms with E-state index in [-0.39, 0.29) is 11.3 Å². The second kappa shape index (κ2) is 1.90. The van der Waals surface area contributed by atoms with Gasteiger partial charge in [-0.3, -0.25) is 9.79 Å². The molecule has 0 aromatic rings.